The fourth-order valence-corrected chi connectivity index (χ4v) is 6.51. The molecular formula is C28H24ClO4P. The maximum atomic E-state index is 15.1. The lowest BCUT2D eigenvalue weighted by atomic mass is 10.2. The van der Waals surface area contributed by atoms with Gasteiger partial charge in [0.15, 0.2) is 7.14 Å². The van der Waals surface area contributed by atoms with Gasteiger partial charge in [-0.15, -0.1) is 0 Å². The Labute approximate surface area is 204 Å². The molecule has 0 saturated carbocycles. The molecule has 0 spiro atoms. The summed E-state index contributed by atoms with van der Waals surface area (Å²) >= 11 is 6.19. The zero-order chi connectivity index (χ0) is 24.0. The van der Waals surface area contributed by atoms with Crippen LogP contribution in [0.5, 0.6) is 17.2 Å². The highest BCUT2D eigenvalue weighted by Gasteiger charge is 2.32. The lowest BCUT2D eigenvalue weighted by molar-refractivity contribution is 0.416. The lowest BCUT2D eigenvalue weighted by Crippen LogP contribution is -2.19. The maximum absolute atomic E-state index is 15.1. The van der Waals surface area contributed by atoms with Gasteiger partial charge in [-0.25, -0.2) is 0 Å². The Bertz CT molecular complexity index is 1300. The van der Waals surface area contributed by atoms with Crippen LogP contribution in [-0.2, 0) is 4.57 Å². The first-order valence-corrected chi connectivity index (χ1v) is 12.8. The normalized spacial score (nSPS) is 11.7. The summed E-state index contributed by atoms with van der Waals surface area (Å²) in [6.45, 7) is 0. The second-order valence-electron chi connectivity index (χ2n) is 7.42. The number of halogens is 1. The van der Waals surface area contributed by atoms with Crippen LogP contribution in [0.2, 0.25) is 5.02 Å². The SMILES string of the molecule is COc1ccccc1P(=O)(C=C(Oc1cccc(Cl)c1)c1ccccc1)c1ccccc1OC. The minimum absolute atomic E-state index is 0.433. The van der Waals surface area contributed by atoms with Crippen molar-refractivity contribution in [3.63, 3.8) is 0 Å². The van der Waals surface area contributed by atoms with Crippen LogP contribution in [0.15, 0.2) is 109 Å². The molecule has 0 aliphatic carbocycles. The van der Waals surface area contributed by atoms with Gasteiger partial charge in [-0.2, -0.15) is 0 Å². The summed E-state index contributed by atoms with van der Waals surface area (Å²) in [7, 11) is -0.342. The average molecular weight is 491 g/mol. The fraction of sp³-hybridized carbons (Fsp3) is 0.0714. The van der Waals surface area contributed by atoms with Gasteiger partial charge in [-0.1, -0.05) is 72.3 Å². The van der Waals surface area contributed by atoms with Gasteiger partial charge in [0.2, 0.25) is 0 Å². The number of methoxy groups -OCH3 is 2. The van der Waals surface area contributed by atoms with Crippen molar-refractivity contribution in [3.8, 4) is 17.2 Å². The quantitative estimate of drug-likeness (QED) is 0.202. The van der Waals surface area contributed by atoms with E-state index in [2.05, 4.69) is 0 Å². The molecule has 4 aromatic rings. The van der Waals surface area contributed by atoms with E-state index in [4.69, 9.17) is 25.8 Å². The van der Waals surface area contributed by atoms with E-state index in [9.17, 15) is 0 Å². The highest BCUT2D eigenvalue weighted by Crippen LogP contribution is 2.51. The first-order valence-electron chi connectivity index (χ1n) is 10.6. The Kier molecular flexibility index (Phi) is 7.42. The number of hydrogen-bond donors (Lipinski definition) is 0. The van der Waals surface area contributed by atoms with Crippen LogP contribution in [0.25, 0.3) is 5.76 Å². The Morgan fingerprint density at radius 2 is 1.29 bits per heavy atom. The molecule has 0 N–H and O–H groups in total. The predicted octanol–water partition coefficient (Wildman–Crippen LogP) is 6.75. The summed E-state index contributed by atoms with van der Waals surface area (Å²) in [5.41, 5.74) is 0.771. The van der Waals surface area contributed by atoms with Crippen molar-refractivity contribution in [2.24, 2.45) is 0 Å². The zero-order valence-electron chi connectivity index (χ0n) is 18.9. The van der Waals surface area contributed by atoms with Gasteiger partial charge in [0.05, 0.1) is 24.8 Å². The van der Waals surface area contributed by atoms with E-state index in [0.717, 1.165) is 5.56 Å². The van der Waals surface area contributed by atoms with E-state index < -0.39 is 7.14 Å². The van der Waals surface area contributed by atoms with E-state index in [1.807, 2.05) is 66.7 Å². The van der Waals surface area contributed by atoms with Crippen molar-refractivity contribution in [2.45, 2.75) is 0 Å². The molecule has 4 nitrogen and oxygen atoms in total. The van der Waals surface area contributed by atoms with E-state index in [1.54, 1.807) is 56.4 Å². The van der Waals surface area contributed by atoms with Gasteiger partial charge in [0.25, 0.3) is 0 Å². The molecule has 4 rings (SSSR count). The Balaban J connectivity index is 1.99. The molecule has 0 heterocycles. The topological polar surface area (TPSA) is 44.8 Å². The molecule has 0 bridgehead atoms. The van der Waals surface area contributed by atoms with Crippen LogP contribution in [0.4, 0.5) is 0 Å². The van der Waals surface area contributed by atoms with Crippen molar-refractivity contribution < 1.29 is 18.8 Å². The Morgan fingerprint density at radius 1 is 0.735 bits per heavy atom. The first kappa shape index (κ1) is 23.7. The smallest absolute Gasteiger partial charge is 0.175 e. The van der Waals surface area contributed by atoms with Crippen LogP contribution in [0, 0.1) is 0 Å². The summed E-state index contributed by atoms with van der Waals surface area (Å²) in [5, 5.41) is 1.64. The van der Waals surface area contributed by atoms with Crippen LogP contribution >= 0.6 is 18.7 Å². The van der Waals surface area contributed by atoms with Gasteiger partial charge in [0, 0.05) is 16.4 Å². The number of rotatable bonds is 8. The van der Waals surface area contributed by atoms with Crippen molar-refractivity contribution in [1.82, 2.24) is 0 Å². The number of benzene rings is 4. The molecule has 0 unspecified atom stereocenters. The Morgan fingerprint density at radius 3 is 1.85 bits per heavy atom. The zero-order valence-corrected chi connectivity index (χ0v) is 20.5. The van der Waals surface area contributed by atoms with Crippen molar-refractivity contribution in [1.29, 1.82) is 0 Å². The summed E-state index contributed by atoms with van der Waals surface area (Å²) in [6, 6.07) is 31.2. The third-order valence-electron chi connectivity index (χ3n) is 5.27. The number of ether oxygens (including phenoxy) is 3. The second kappa shape index (κ2) is 10.6. The minimum atomic E-state index is -3.47. The van der Waals surface area contributed by atoms with Crippen LogP contribution in [-0.4, -0.2) is 14.2 Å². The molecule has 0 saturated heterocycles. The lowest BCUT2D eigenvalue weighted by Gasteiger charge is -2.22. The molecule has 4 aromatic carbocycles. The van der Waals surface area contributed by atoms with Gasteiger partial charge >= 0.3 is 0 Å². The summed E-state index contributed by atoms with van der Waals surface area (Å²) in [4.78, 5) is 0. The molecule has 0 aliphatic rings. The van der Waals surface area contributed by atoms with E-state index in [0.29, 0.717) is 38.6 Å². The molecule has 0 aromatic heterocycles. The molecule has 6 heteroatoms. The van der Waals surface area contributed by atoms with Gasteiger partial charge in [0.1, 0.15) is 23.0 Å². The van der Waals surface area contributed by atoms with E-state index in [-0.39, 0.29) is 0 Å². The molecule has 0 aliphatic heterocycles. The fourth-order valence-electron chi connectivity index (χ4n) is 3.66. The van der Waals surface area contributed by atoms with Crippen LogP contribution in [0.1, 0.15) is 5.56 Å². The van der Waals surface area contributed by atoms with Gasteiger partial charge in [-0.3, -0.25) is 0 Å². The minimum Gasteiger partial charge on any atom is -0.496 e. The highest BCUT2D eigenvalue weighted by molar-refractivity contribution is 7.82. The highest BCUT2D eigenvalue weighted by atomic mass is 35.5. The summed E-state index contributed by atoms with van der Waals surface area (Å²) in [6.07, 6.45) is 0. The first-order chi connectivity index (χ1) is 16.5. The molecule has 0 amide bonds. The number of para-hydroxylation sites is 2. The van der Waals surface area contributed by atoms with Crippen molar-refractivity contribution >= 4 is 35.1 Å². The van der Waals surface area contributed by atoms with E-state index in [1.165, 1.54) is 0 Å². The van der Waals surface area contributed by atoms with E-state index >= 15 is 4.57 Å². The summed E-state index contributed by atoms with van der Waals surface area (Å²) in [5.74, 6) is 3.68. The molecule has 34 heavy (non-hydrogen) atoms. The Hall–Kier alpha value is -3.46. The molecule has 0 atom stereocenters. The maximum Gasteiger partial charge on any atom is 0.175 e. The second-order valence-corrected chi connectivity index (χ2v) is 10.4. The standard InChI is InChI=1S/C28H24ClO4P/c1-31-24-15-6-8-17-27(24)34(30,28-18-9-7-16-25(28)32-2)20-26(21-11-4-3-5-12-21)33-23-14-10-13-22(29)19-23/h3-20H,1-2H3. The van der Waals surface area contributed by atoms with Crippen molar-refractivity contribution in [2.75, 3.05) is 14.2 Å². The third kappa shape index (κ3) is 5.04. The monoisotopic (exact) mass is 490 g/mol. The molecule has 0 radical (unpaired) electrons. The largest absolute Gasteiger partial charge is 0.496 e. The van der Waals surface area contributed by atoms with Gasteiger partial charge < -0.3 is 18.8 Å². The molecular weight excluding hydrogens is 467 g/mol. The third-order valence-corrected chi connectivity index (χ3v) is 8.27. The predicted molar refractivity (Wildman–Crippen MR) is 139 cm³/mol. The summed E-state index contributed by atoms with van der Waals surface area (Å²) < 4.78 is 32.6. The van der Waals surface area contributed by atoms with Gasteiger partial charge in [-0.05, 0) is 42.5 Å². The van der Waals surface area contributed by atoms with Crippen molar-refractivity contribution in [3.05, 3.63) is 120 Å². The van der Waals surface area contributed by atoms with Crippen LogP contribution < -0.4 is 24.8 Å². The molecule has 172 valence electrons. The average Bonchev–Trinajstić information content (AvgIpc) is 2.88. The van der Waals surface area contributed by atoms with Crippen LogP contribution in [0.3, 0.4) is 0 Å². The number of hydrogen-bond acceptors (Lipinski definition) is 4. The molecule has 0 fully saturated rings.